The van der Waals surface area contributed by atoms with E-state index in [1.165, 1.54) is 17.5 Å². The van der Waals surface area contributed by atoms with E-state index in [0.717, 1.165) is 47.0 Å². The van der Waals surface area contributed by atoms with Crippen molar-refractivity contribution in [1.29, 1.82) is 5.26 Å². The van der Waals surface area contributed by atoms with Crippen LogP contribution in [0.2, 0.25) is 0 Å². The highest BCUT2D eigenvalue weighted by Gasteiger charge is 2.20. The minimum Gasteiger partial charge on any atom is -0.372 e. The van der Waals surface area contributed by atoms with Crippen molar-refractivity contribution < 1.29 is 0 Å². The molecule has 2 N–H and O–H groups in total. The van der Waals surface area contributed by atoms with Gasteiger partial charge in [0.25, 0.3) is 0 Å². The van der Waals surface area contributed by atoms with E-state index in [1.807, 2.05) is 26.0 Å². The van der Waals surface area contributed by atoms with Gasteiger partial charge in [0.15, 0.2) is 0 Å². The van der Waals surface area contributed by atoms with E-state index in [0.29, 0.717) is 0 Å². The molecule has 1 atom stereocenters. The fourth-order valence-corrected chi connectivity index (χ4v) is 3.98. The molecule has 4 rings (SSSR count). The Hall–Kier alpha value is -3.39. The molecule has 0 bridgehead atoms. The number of nitrogens with zero attached hydrogens (tertiary/aromatic N) is 3. The summed E-state index contributed by atoms with van der Waals surface area (Å²) in [7, 11) is 0. The first kappa shape index (κ1) is 18.9. The number of aryl methyl sites for hydroxylation is 3. The molecule has 5 nitrogen and oxygen atoms in total. The molecule has 1 aromatic heterocycles. The quantitative estimate of drug-likeness (QED) is 0.594. The van der Waals surface area contributed by atoms with Gasteiger partial charge in [-0.2, -0.15) is 5.26 Å². The van der Waals surface area contributed by atoms with Crippen LogP contribution in [0, 0.1) is 25.2 Å². The summed E-state index contributed by atoms with van der Waals surface area (Å²) < 4.78 is 0. The molecule has 0 saturated carbocycles. The molecule has 0 amide bonds. The molecule has 0 spiro atoms. The van der Waals surface area contributed by atoms with Crippen molar-refractivity contribution in [1.82, 2.24) is 9.97 Å². The molecule has 3 aromatic rings. The number of fused-ring (bicyclic) bond motifs is 1. The molecule has 29 heavy (non-hydrogen) atoms. The normalized spacial score (nSPS) is 15.3. The molecule has 0 aliphatic heterocycles. The first-order chi connectivity index (χ1) is 14.1. The van der Waals surface area contributed by atoms with Crippen molar-refractivity contribution in [3.05, 3.63) is 71.0 Å². The molecule has 2 aromatic carbocycles. The van der Waals surface area contributed by atoms with Gasteiger partial charge in [-0.15, -0.1) is 0 Å². The summed E-state index contributed by atoms with van der Waals surface area (Å²) in [6.45, 7) is 4.23. The van der Waals surface area contributed by atoms with Crippen LogP contribution >= 0.6 is 0 Å². The Morgan fingerprint density at radius 1 is 1.10 bits per heavy atom. The number of benzene rings is 2. The second kappa shape index (κ2) is 8.32. The summed E-state index contributed by atoms with van der Waals surface area (Å²) in [4.78, 5) is 9.28. The molecule has 1 heterocycles. The first-order valence-corrected chi connectivity index (χ1v) is 10.1. The van der Waals surface area contributed by atoms with Crippen LogP contribution < -0.4 is 10.6 Å². The Kier molecular flexibility index (Phi) is 5.44. The number of nitriles is 1. The monoisotopic (exact) mass is 383 g/mol. The number of hydrogen-bond donors (Lipinski definition) is 2. The van der Waals surface area contributed by atoms with E-state index >= 15 is 0 Å². The average molecular weight is 383 g/mol. The highest BCUT2D eigenvalue weighted by molar-refractivity contribution is 5.69. The summed E-state index contributed by atoms with van der Waals surface area (Å²) in [6.07, 6.45) is 3.42. The van der Waals surface area contributed by atoms with Gasteiger partial charge in [-0.05, 0) is 55.9 Å². The summed E-state index contributed by atoms with van der Waals surface area (Å²) >= 11 is 0. The van der Waals surface area contributed by atoms with Gasteiger partial charge < -0.3 is 10.6 Å². The van der Waals surface area contributed by atoms with Crippen molar-refractivity contribution in [2.24, 2.45) is 0 Å². The van der Waals surface area contributed by atoms with Gasteiger partial charge in [0, 0.05) is 17.3 Å². The molecule has 0 fully saturated rings. The SMILES string of the molecule is Cc1nc(N[C@@H]2CCCc3ccccc32)cc(-c2ccc(C)c(NCC#N)c2)n1. The smallest absolute Gasteiger partial charge is 0.130 e. The fourth-order valence-electron chi connectivity index (χ4n) is 3.98. The van der Waals surface area contributed by atoms with Gasteiger partial charge in [0.2, 0.25) is 0 Å². The summed E-state index contributed by atoms with van der Waals surface area (Å²) in [5, 5.41) is 15.7. The highest BCUT2D eigenvalue weighted by Crippen LogP contribution is 2.33. The van der Waals surface area contributed by atoms with Crippen LogP contribution in [0.4, 0.5) is 11.5 Å². The van der Waals surface area contributed by atoms with Gasteiger partial charge in [0.05, 0.1) is 17.8 Å². The highest BCUT2D eigenvalue weighted by atomic mass is 15.0. The molecular weight excluding hydrogens is 358 g/mol. The predicted molar refractivity (Wildman–Crippen MR) is 117 cm³/mol. The summed E-state index contributed by atoms with van der Waals surface area (Å²) in [5.74, 6) is 1.59. The number of aromatic nitrogens is 2. The third-order valence-corrected chi connectivity index (χ3v) is 5.42. The number of anilines is 2. The zero-order chi connectivity index (χ0) is 20.2. The van der Waals surface area contributed by atoms with Crippen LogP contribution in [0.5, 0.6) is 0 Å². The van der Waals surface area contributed by atoms with Crippen LogP contribution in [-0.4, -0.2) is 16.5 Å². The Morgan fingerprint density at radius 3 is 2.83 bits per heavy atom. The zero-order valence-electron chi connectivity index (χ0n) is 16.9. The molecule has 0 radical (unpaired) electrons. The van der Waals surface area contributed by atoms with Gasteiger partial charge >= 0.3 is 0 Å². The lowest BCUT2D eigenvalue weighted by atomic mass is 9.88. The lowest BCUT2D eigenvalue weighted by Crippen LogP contribution is -2.18. The van der Waals surface area contributed by atoms with Gasteiger partial charge in [-0.25, -0.2) is 9.97 Å². The van der Waals surface area contributed by atoms with Crippen molar-refractivity contribution in [2.45, 2.75) is 39.2 Å². The Labute approximate surface area is 171 Å². The molecule has 0 unspecified atom stereocenters. The van der Waals surface area contributed by atoms with E-state index < -0.39 is 0 Å². The maximum Gasteiger partial charge on any atom is 0.130 e. The van der Waals surface area contributed by atoms with Gasteiger partial charge in [-0.3, -0.25) is 0 Å². The number of rotatable bonds is 5. The molecule has 0 saturated heterocycles. The van der Waals surface area contributed by atoms with E-state index in [-0.39, 0.29) is 12.6 Å². The molecule has 146 valence electrons. The fraction of sp³-hybridized carbons (Fsp3) is 0.292. The van der Waals surface area contributed by atoms with Crippen molar-refractivity contribution >= 4 is 11.5 Å². The molecule has 1 aliphatic rings. The van der Waals surface area contributed by atoms with Crippen LogP contribution in [-0.2, 0) is 6.42 Å². The standard InChI is InChI=1S/C24H25N5/c1-16-10-11-19(14-22(16)26-13-12-25)23-15-24(28-17(2)27-23)29-21-9-5-7-18-6-3-4-8-20(18)21/h3-4,6,8,10-11,14-15,21,26H,5,7,9,13H2,1-2H3,(H,27,28,29)/t21-/m1/s1. The third-order valence-electron chi connectivity index (χ3n) is 5.42. The number of hydrogen-bond acceptors (Lipinski definition) is 5. The Bertz CT molecular complexity index is 1070. The van der Waals surface area contributed by atoms with Crippen molar-refractivity contribution in [3.63, 3.8) is 0 Å². The summed E-state index contributed by atoms with van der Waals surface area (Å²) in [5.41, 5.74) is 6.74. The maximum atomic E-state index is 8.86. The van der Waals surface area contributed by atoms with Gasteiger partial charge in [0.1, 0.15) is 18.2 Å². The van der Waals surface area contributed by atoms with Crippen LogP contribution in [0.15, 0.2) is 48.5 Å². The van der Waals surface area contributed by atoms with E-state index in [9.17, 15) is 0 Å². The second-order valence-electron chi connectivity index (χ2n) is 7.51. The van der Waals surface area contributed by atoms with Crippen LogP contribution in [0.1, 0.15) is 41.4 Å². The minimum atomic E-state index is 0.271. The van der Waals surface area contributed by atoms with Gasteiger partial charge in [-0.1, -0.05) is 36.4 Å². The average Bonchev–Trinajstić information content (AvgIpc) is 2.73. The maximum absolute atomic E-state index is 8.86. The lowest BCUT2D eigenvalue weighted by molar-refractivity contribution is 0.598. The van der Waals surface area contributed by atoms with Crippen molar-refractivity contribution in [3.8, 4) is 17.3 Å². The van der Waals surface area contributed by atoms with Crippen molar-refractivity contribution in [2.75, 3.05) is 17.2 Å². The molecular formula is C24H25N5. The summed E-state index contributed by atoms with van der Waals surface area (Å²) in [6, 6.07) is 19.2. The van der Waals surface area contributed by atoms with Crippen LogP contribution in [0.25, 0.3) is 11.3 Å². The van der Waals surface area contributed by atoms with E-state index in [2.05, 4.69) is 63.1 Å². The largest absolute Gasteiger partial charge is 0.372 e. The first-order valence-electron chi connectivity index (χ1n) is 10.1. The zero-order valence-corrected chi connectivity index (χ0v) is 16.9. The lowest BCUT2D eigenvalue weighted by Gasteiger charge is -2.27. The Morgan fingerprint density at radius 2 is 1.97 bits per heavy atom. The predicted octanol–water partition coefficient (Wildman–Crippen LogP) is 5.19. The second-order valence-corrected chi connectivity index (χ2v) is 7.51. The Balaban J connectivity index is 1.63. The minimum absolute atomic E-state index is 0.271. The number of nitrogens with one attached hydrogen (secondary N) is 2. The molecule has 5 heteroatoms. The van der Waals surface area contributed by atoms with E-state index in [4.69, 9.17) is 5.26 Å². The topological polar surface area (TPSA) is 73.6 Å². The van der Waals surface area contributed by atoms with E-state index in [1.54, 1.807) is 0 Å². The van der Waals surface area contributed by atoms with Crippen LogP contribution in [0.3, 0.4) is 0 Å². The third kappa shape index (κ3) is 4.22. The molecule has 1 aliphatic carbocycles.